The van der Waals surface area contributed by atoms with Crippen molar-refractivity contribution >= 4 is 5.97 Å². The van der Waals surface area contributed by atoms with Gasteiger partial charge in [0.2, 0.25) is 0 Å². The zero-order valence-corrected chi connectivity index (χ0v) is 11.8. The monoisotopic (exact) mass is 285 g/mol. The van der Waals surface area contributed by atoms with E-state index in [2.05, 4.69) is 10.4 Å². The summed E-state index contributed by atoms with van der Waals surface area (Å²) in [6, 6.07) is 9.95. The number of hydrogen-bond acceptors (Lipinski definition) is 3. The van der Waals surface area contributed by atoms with Crippen molar-refractivity contribution in [1.82, 2.24) is 15.1 Å². The van der Waals surface area contributed by atoms with E-state index in [9.17, 15) is 9.90 Å². The highest BCUT2D eigenvalue weighted by atomic mass is 16.4. The van der Waals surface area contributed by atoms with E-state index in [1.54, 1.807) is 0 Å². The third kappa shape index (κ3) is 3.70. The van der Waals surface area contributed by atoms with Gasteiger partial charge in [0.25, 0.3) is 0 Å². The molecule has 2 N–H and O–H groups in total. The molecule has 0 spiro atoms. The van der Waals surface area contributed by atoms with Crippen LogP contribution in [0.4, 0.5) is 0 Å². The predicted molar refractivity (Wildman–Crippen MR) is 79.9 cm³/mol. The molecule has 0 saturated heterocycles. The highest BCUT2D eigenvalue weighted by Gasteiger charge is 2.27. The number of aryl methyl sites for hydroxylation is 1. The summed E-state index contributed by atoms with van der Waals surface area (Å²) in [6.45, 7) is 0.601. The van der Waals surface area contributed by atoms with Crippen molar-refractivity contribution in [3.63, 3.8) is 0 Å². The molecule has 1 heterocycles. The lowest BCUT2D eigenvalue weighted by atomic mass is 10.1. The van der Waals surface area contributed by atoms with Crippen molar-refractivity contribution in [3.05, 3.63) is 42.7 Å². The van der Waals surface area contributed by atoms with Gasteiger partial charge in [0.1, 0.15) is 6.04 Å². The van der Waals surface area contributed by atoms with Gasteiger partial charge in [-0.25, -0.2) is 0 Å². The van der Waals surface area contributed by atoms with E-state index in [1.807, 2.05) is 47.4 Å². The molecule has 3 rings (SSSR count). The fourth-order valence-electron chi connectivity index (χ4n) is 2.34. The van der Waals surface area contributed by atoms with E-state index >= 15 is 0 Å². The highest BCUT2D eigenvalue weighted by molar-refractivity contribution is 5.73. The molecule has 1 atom stereocenters. The van der Waals surface area contributed by atoms with E-state index in [0.717, 1.165) is 24.0 Å². The maximum atomic E-state index is 11.2. The van der Waals surface area contributed by atoms with Crippen LogP contribution in [0.3, 0.4) is 0 Å². The first-order chi connectivity index (χ1) is 10.2. The Hall–Kier alpha value is -2.14. The van der Waals surface area contributed by atoms with Crippen molar-refractivity contribution < 1.29 is 9.90 Å². The Bertz CT molecular complexity index is 605. The fourth-order valence-corrected chi connectivity index (χ4v) is 2.34. The molecule has 5 nitrogen and oxygen atoms in total. The molecule has 1 unspecified atom stereocenters. The summed E-state index contributed by atoms with van der Waals surface area (Å²) in [5.74, 6) is -0.780. The standard InChI is InChI=1S/C16H19N3O2/c20-16(21)15(18-14-6-7-14)8-9-19-11-13(10-17-19)12-4-2-1-3-5-12/h1-5,10-11,14-15,18H,6-9H2,(H,20,21). The number of nitrogens with one attached hydrogen (secondary N) is 1. The molecular formula is C16H19N3O2. The number of benzene rings is 1. The molecule has 0 radical (unpaired) electrons. The summed E-state index contributed by atoms with van der Waals surface area (Å²) in [5, 5.41) is 16.7. The number of carboxylic acid groups (broad SMARTS) is 1. The summed E-state index contributed by atoms with van der Waals surface area (Å²) >= 11 is 0. The second-order valence-electron chi connectivity index (χ2n) is 5.48. The first-order valence-corrected chi connectivity index (χ1v) is 7.29. The first-order valence-electron chi connectivity index (χ1n) is 7.29. The van der Waals surface area contributed by atoms with Gasteiger partial charge in [-0.05, 0) is 24.8 Å². The minimum absolute atomic E-state index is 0.392. The lowest BCUT2D eigenvalue weighted by Crippen LogP contribution is -2.38. The molecule has 2 aromatic rings. The van der Waals surface area contributed by atoms with Crippen molar-refractivity contribution in [2.45, 2.75) is 37.9 Å². The Morgan fingerprint density at radius 1 is 1.33 bits per heavy atom. The molecule has 1 aliphatic rings. The van der Waals surface area contributed by atoms with Gasteiger partial charge >= 0.3 is 5.97 Å². The van der Waals surface area contributed by atoms with Gasteiger partial charge in [0.15, 0.2) is 0 Å². The Morgan fingerprint density at radius 2 is 2.10 bits per heavy atom. The maximum Gasteiger partial charge on any atom is 0.320 e. The second-order valence-corrected chi connectivity index (χ2v) is 5.48. The third-order valence-electron chi connectivity index (χ3n) is 3.70. The van der Waals surface area contributed by atoms with Gasteiger partial charge in [-0.2, -0.15) is 5.10 Å². The van der Waals surface area contributed by atoms with Gasteiger partial charge in [-0.15, -0.1) is 0 Å². The van der Waals surface area contributed by atoms with Gasteiger partial charge in [-0.1, -0.05) is 30.3 Å². The van der Waals surface area contributed by atoms with Crippen LogP contribution in [0.15, 0.2) is 42.7 Å². The first kappa shape index (κ1) is 13.8. The quantitative estimate of drug-likeness (QED) is 0.818. The van der Waals surface area contributed by atoms with E-state index in [0.29, 0.717) is 19.0 Å². The van der Waals surface area contributed by atoms with Gasteiger partial charge in [0.05, 0.1) is 6.20 Å². The van der Waals surface area contributed by atoms with E-state index in [1.165, 1.54) is 0 Å². The molecule has 21 heavy (non-hydrogen) atoms. The van der Waals surface area contributed by atoms with Crippen LogP contribution >= 0.6 is 0 Å². The average Bonchev–Trinajstić information content (AvgIpc) is 3.19. The lowest BCUT2D eigenvalue weighted by molar-refractivity contribution is -0.139. The van der Waals surface area contributed by atoms with E-state index < -0.39 is 12.0 Å². The van der Waals surface area contributed by atoms with Crippen LogP contribution in [-0.2, 0) is 11.3 Å². The minimum atomic E-state index is -0.780. The van der Waals surface area contributed by atoms with Crippen LogP contribution in [0.2, 0.25) is 0 Å². The van der Waals surface area contributed by atoms with Crippen LogP contribution in [0, 0.1) is 0 Å². The molecule has 0 bridgehead atoms. The summed E-state index contributed by atoms with van der Waals surface area (Å²) in [6.07, 6.45) is 6.50. The number of carboxylic acids is 1. The number of aliphatic carboxylic acids is 1. The molecule has 1 fully saturated rings. The Morgan fingerprint density at radius 3 is 2.76 bits per heavy atom. The summed E-state index contributed by atoms with van der Waals surface area (Å²) in [5.41, 5.74) is 2.17. The molecule has 1 aromatic carbocycles. The fraction of sp³-hybridized carbons (Fsp3) is 0.375. The summed E-state index contributed by atoms with van der Waals surface area (Å²) in [4.78, 5) is 11.2. The third-order valence-corrected chi connectivity index (χ3v) is 3.70. The second kappa shape index (κ2) is 6.10. The Balaban J connectivity index is 1.60. The number of rotatable bonds is 7. The van der Waals surface area contributed by atoms with Crippen molar-refractivity contribution in [2.24, 2.45) is 0 Å². The molecule has 1 aromatic heterocycles. The highest BCUT2D eigenvalue weighted by Crippen LogP contribution is 2.21. The maximum absolute atomic E-state index is 11.2. The molecular weight excluding hydrogens is 266 g/mol. The van der Waals surface area contributed by atoms with Gasteiger partial charge < -0.3 is 10.4 Å². The van der Waals surface area contributed by atoms with Crippen LogP contribution in [-0.4, -0.2) is 32.9 Å². The van der Waals surface area contributed by atoms with Crippen molar-refractivity contribution in [1.29, 1.82) is 0 Å². The van der Waals surface area contributed by atoms with Gasteiger partial charge in [-0.3, -0.25) is 9.48 Å². The smallest absolute Gasteiger partial charge is 0.320 e. The SMILES string of the molecule is O=C(O)C(CCn1cc(-c2ccccc2)cn1)NC1CC1. The number of carbonyl (C=O) groups is 1. The molecule has 0 aliphatic heterocycles. The molecule has 1 saturated carbocycles. The van der Waals surface area contributed by atoms with Crippen LogP contribution in [0.1, 0.15) is 19.3 Å². The topological polar surface area (TPSA) is 67.1 Å². The number of aromatic nitrogens is 2. The van der Waals surface area contributed by atoms with Crippen LogP contribution < -0.4 is 5.32 Å². The van der Waals surface area contributed by atoms with Crippen molar-refractivity contribution in [3.8, 4) is 11.1 Å². The Kier molecular flexibility index (Phi) is 4.01. The van der Waals surface area contributed by atoms with E-state index in [-0.39, 0.29) is 0 Å². The number of nitrogens with zero attached hydrogens (tertiary/aromatic N) is 2. The van der Waals surface area contributed by atoms with Crippen LogP contribution in [0.25, 0.3) is 11.1 Å². The number of hydrogen-bond donors (Lipinski definition) is 2. The summed E-state index contributed by atoms with van der Waals surface area (Å²) in [7, 11) is 0. The molecule has 110 valence electrons. The Labute approximate surface area is 123 Å². The molecule has 5 heteroatoms. The average molecular weight is 285 g/mol. The predicted octanol–water partition coefficient (Wildman–Crippen LogP) is 2.15. The lowest BCUT2D eigenvalue weighted by Gasteiger charge is -2.13. The largest absolute Gasteiger partial charge is 0.480 e. The van der Waals surface area contributed by atoms with Gasteiger partial charge in [0, 0.05) is 24.3 Å². The van der Waals surface area contributed by atoms with Crippen LogP contribution in [0.5, 0.6) is 0 Å². The zero-order valence-electron chi connectivity index (χ0n) is 11.8. The zero-order chi connectivity index (χ0) is 14.7. The normalized spacial score (nSPS) is 15.8. The van der Waals surface area contributed by atoms with E-state index in [4.69, 9.17) is 0 Å². The van der Waals surface area contributed by atoms with Crippen molar-refractivity contribution in [2.75, 3.05) is 0 Å². The summed E-state index contributed by atoms with van der Waals surface area (Å²) < 4.78 is 1.81. The molecule has 1 aliphatic carbocycles. The minimum Gasteiger partial charge on any atom is -0.480 e. The molecule has 0 amide bonds.